The number of likely N-dealkylation sites (tertiary alicyclic amines) is 2. The first-order valence-corrected chi connectivity index (χ1v) is 20.3. The highest BCUT2D eigenvalue weighted by Crippen LogP contribution is 2.33. The van der Waals surface area contributed by atoms with Crippen LogP contribution >= 0.6 is 0 Å². The number of pyridine rings is 1. The molecule has 15 heteroatoms. The van der Waals surface area contributed by atoms with Crippen molar-refractivity contribution in [2.24, 2.45) is 11.8 Å². The van der Waals surface area contributed by atoms with Crippen molar-refractivity contribution < 1.29 is 38.4 Å². The molecule has 8 amide bonds. The van der Waals surface area contributed by atoms with E-state index >= 15 is 0 Å². The summed E-state index contributed by atoms with van der Waals surface area (Å²) in [5, 5.41) is 7.90. The quantitative estimate of drug-likeness (QED) is 0.139. The average Bonchev–Trinajstić information content (AvgIpc) is 3.51. The molecule has 0 saturated carbocycles. The number of fused-ring (bicyclic) bond motifs is 1. The van der Waals surface area contributed by atoms with Crippen LogP contribution in [0.4, 0.5) is 5.69 Å². The smallest absolute Gasteiger partial charge is 0.264 e. The van der Waals surface area contributed by atoms with Gasteiger partial charge in [0.1, 0.15) is 6.04 Å². The molecule has 3 aromatic rings. The monoisotopic (exact) mass is 801 g/mol. The highest BCUT2D eigenvalue weighted by molar-refractivity contribution is 6.26. The number of benzene rings is 2. The molecule has 3 N–H and O–H groups in total. The van der Waals surface area contributed by atoms with Gasteiger partial charge in [0.25, 0.3) is 23.6 Å². The maximum atomic E-state index is 13.4. The van der Waals surface area contributed by atoms with Crippen LogP contribution in [-0.4, -0.2) is 106 Å². The molecular weight excluding hydrogens is 755 g/mol. The Bertz CT molecular complexity index is 2160. The lowest BCUT2D eigenvalue weighted by Gasteiger charge is -2.32. The summed E-state index contributed by atoms with van der Waals surface area (Å²) in [4.78, 5) is 111. The van der Waals surface area contributed by atoms with E-state index in [9.17, 15) is 38.4 Å². The molecule has 0 bridgehead atoms. The number of aromatic nitrogens is 1. The Morgan fingerprint density at radius 2 is 1.46 bits per heavy atom. The van der Waals surface area contributed by atoms with Gasteiger partial charge < -0.3 is 20.4 Å². The Labute approximate surface area is 341 Å². The molecule has 1 atom stereocenters. The van der Waals surface area contributed by atoms with Crippen molar-refractivity contribution >= 4 is 59.0 Å². The van der Waals surface area contributed by atoms with E-state index in [2.05, 4.69) is 20.9 Å². The fourth-order valence-corrected chi connectivity index (χ4v) is 8.22. The largest absolute Gasteiger partial charge is 0.353 e. The number of hydrogen-bond acceptors (Lipinski definition) is 9. The number of carbonyl (C=O) groups is 8. The Hall–Kier alpha value is -6.51. The lowest BCUT2D eigenvalue weighted by molar-refractivity contribution is -0.136. The number of amides is 8. The van der Waals surface area contributed by atoms with Gasteiger partial charge in [-0.05, 0) is 98.5 Å². The highest BCUT2D eigenvalue weighted by Gasteiger charge is 2.46. The van der Waals surface area contributed by atoms with E-state index in [0.29, 0.717) is 62.6 Å². The average molecular weight is 802 g/mol. The van der Waals surface area contributed by atoms with Crippen LogP contribution in [0.3, 0.4) is 0 Å². The SMILES string of the molecule is O=C(/C=C/c1cccnc1)NCCCCC1CCN(C(=O)c2ccc(C(=O)N3CCC(C(=O)Nc4cccc5c4C(=O)N(C4CCC(=O)NC4=O)C5=O)CC3)cc2)CC1. The number of nitrogens with one attached hydrogen (secondary N) is 3. The van der Waals surface area contributed by atoms with Crippen LogP contribution in [-0.2, 0) is 19.2 Å². The molecule has 0 aliphatic carbocycles. The Morgan fingerprint density at radius 1 is 0.780 bits per heavy atom. The van der Waals surface area contributed by atoms with E-state index in [0.717, 1.165) is 42.6 Å². The molecule has 0 spiro atoms. The van der Waals surface area contributed by atoms with Gasteiger partial charge in [-0.25, -0.2) is 0 Å². The summed E-state index contributed by atoms with van der Waals surface area (Å²) in [5.41, 5.74) is 2.09. The first-order valence-electron chi connectivity index (χ1n) is 20.3. The Balaban J connectivity index is 0.823. The maximum absolute atomic E-state index is 13.4. The number of piperidine rings is 3. The second kappa shape index (κ2) is 18.4. The van der Waals surface area contributed by atoms with Crippen molar-refractivity contribution in [3.63, 3.8) is 0 Å². The summed E-state index contributed by atoms with van der Waals surface area (Å²) >= 11 is 0. The molecule has 4 aliphatic heterocycles. The minimum absolute atomic E-state index is 0.000667. The normalized spacial score (nSPS) is 18.8. The maximum Gasteiger partial charge on any atom is 0.264 e. The fraction of sp³-hybridized carbons (Fsp3) is 0.386. The van der Waals surface area contributed by atoms with Crippen LogP contribution in [0.15, 0.2) is 73.1 Å². The van der Waals surface area contributed by atoms with Crippen LogP contribution in [0, 0.1) is 11.8 Å². The van der Waals surface area contributed by atoms with Gasteiger partial charge in [0.15, 0.2) is 0 Å². The topological polar surface area (TPSA) is 195 Å². The molecular formula is C44H47N7O8. The third kappa shape index (κ3) is 9.46. The first-order chi connectivity index (χ1) is 28.6. The van der Waals surface area contributed by atoms with Crippen LogP contribution < -0.4 is 16.0 Å². The Morgan fingerprint density at radius 3 is 2.10 bits per heavy atom. The van der Waals surface area contributed by atoms with Crippen LogP contribution in [0.5, 0.6) is 0 Å². The number of imide groups is 2. The van der Waals surface area contributed by atoms with Gasteiger partial charge in [0.05, 0.1) is 16.8 Å². The number of carbonyl (C=O) groups excluding carboxylic acids is 8. The predicted octanol–water partition coefficient (Wildman–Crippen LogP) is 3.83. The van der Waals surface area contributed by atoms with Gasteiger partial charge in [-0.3, -0.25) is 53.6 Å². The van der Waals surface area contributed by atoms with Gasteiger partial charge in [-0.2, -0.15) is 0 Å². The number of hydrogen-bond donors (Lipinski definition) is 3. The number of nitrogens with zero attached hydrogens (tertiary/aromatic N) is 4. The zero-order valence-electron chi connectivity index (χ0n) is 32.7. The van der Waals surface area contributed by atoms with Gasteiger partial charge >= 0.3 is 0 Å². The number of unbranched alkanes of at least 4 members (excludes halogenated alkanes) is 1. The molecule has 15 nitrogen and oxygen atoms in total. The molecule has 1 aromatic heterocycles. The Kier molecular flexibility index (Phi) is 12.7. The summed E-state index contributed by atoms with van der Waals surface area (Å²) in [6, 6.07) is 13.9. The van der Waals surface area contributed by atoms with Crippen molar-refractivity contribution in [1.29, 1.82) is 0 Å². The van der Waals surface area contributed by atoms with E-state index in [4.69, 9.17) is 0 Å². The predicted molar refractivity (Wildman–Crippen MR) is 216 cm³/mol. The summed E-state index contributed by atoms with van der Waals surface area (Å²) in [5.74, 6) is -3.18. The minimum Gasteiger partial charge on any atom is -0.353 e. The van der Waals surface area contributed by atoms with E-state index in [1.54, 1.807) is 53.7 Å². The fourth-order valence-electron chi connectivity index (χ4n) is 8.22. The van der Waals surface area contributed by atoms with Crippen molar-refractivity contribution in [3.8, 4) is 0 Å². The standard InChI is InChI=1S/C44H47N7O8/c52-36(15-9-29-6-4-21-45-27-29)46-22-2-1-5-28-17-23-49(24-18-28)41(56)31-10-12-32(13-11-31)42(57)50-25-19-30(20-26-50)39(54)47-34-8-3-7-33-38(34)44(59)51(43(33)58)35-14-16-37(53)48-40(35)55/h3-4,6-13,15,21,27-28,30,35H,1-2,5,14,16-20,22-26H2,(H,46,52)(H,47,54)(H,48,53,55)/b15-9+. The third-order valence-corrected chi connectivity index (χ3v) is 11.6. The van der Waals surface area contributed by atoms with Crippen LogP contribution in [0.1, 0.15) is 105 Å². The zero-order chi connectivity index (χ0) is 41.5. The second-order valence-corrected chi connectivity index (χ2v) is 15.5. The summed E-state index contributed by atoms with van der Waals surface area (Å²) in [7, 11) is 0. The lowest BCUT2D eigenvalue weighted by atomic mass is 9.91. The van der Waals surface area contributed by atoms with E-state index in [-0.39, 0.29) is 53.3 Å². The molecule has 3 fully saturated rings. The van der Waals surface area contributed by atoms with Crippen LogP contribution in [0.25, 0.3) is 6.08 Å². The van der Waals surface area contributed by atoms with Gasteiger partial charge in [0, 0.05) is 74.7 Å². The van der Waals surface area contributed by atoms with Gasteiger partial charge in [-0.1, -0.05) is 25.0 Å². The van der Waals surface area contributed by atoms with Crippen molar-refractivity contribution in [2.75, 3.05) is 38.0 Å². The second-order valence-electron chi connectivity index (χ2n) is 15.5. The minimum atomic E-state index is -1.12. The first kappa shape index (κ1) is 40.7. The summed E-state index contributed by atoms with van der Waals surface area (Å²) in [6.45, 7) is 2.62. The van der Waals surface area contributed by atoms with Crippen molar-refractivity contribution in [1.82, 2.24) is 30.3 Å². The molecule has 306 valence electrons. The van der Waals surface area contributed by atoms with Crippen molar-refractivity contribution in [2.45, 2.75) is 63.8 Å². The van der Waals surface area contributed by atoms with Crippen LogP contribution in [0.2, 0.25) is 0 Å². The highest BCUT2D eigenvalue weighted by atomic mass is 16.2. The molecule has 2 aromatic carbocycles. The number of anilines is 1. The molecule has 4 aliphatic rings. The summed E-state index contributed by atoms with van der Waals surface area (Å²) in [6.07, 6.45) is 12.2. The molecule has 3 saturated heterocycles. The van der Waals surface area contributed by atoms with E-state index in [1.165, 1.54) is 18.2 Å². The summed E-state index contributed by atoms with van der Waals surface area (Å²) < 4.78 is 0. The number of rotatable bonds is 12. The third-order valence-electron chi connectivity index (χ3n) is 11.6. The van der Waals surface area contributed by atoms with Gasteiger partial charge in [-0.15, -0.1) is 0 Å². The van der Waals surface area contributed by atoms with E-state index in [1.807, 2.05) is 17.0 Å². The molecule has 5 heterocycles. The van der Waals surface area contributed by atoms with Crippen molar-refractivity contribution in [3.05, 3.63) is 101 Å². The zero-order valence-corrected chi connectivity index (χ0v) is 32.7. The van der Waals surface area contributed by atoms with Gasteiger partial charge in [0.2, 0.25) is 23.6 Å². The molecule has 0 radical (unpaired) electrons. The van der Waals surface area contributed by atoms with E-state index < -0.39 is 35.6 Å². The lowest BCUT2D eigenvalue weighted by Crippen LogP contribution is -2.54. The molecule has 7 rings (SSSR count). The molecule has 59 heavy (non-hydrogen) atoms. The molecule has 1 unspecified atom stereocenters.